The summed E-state index contributed by atoms with van der Waals surface area (Å²) in [5.41, 5.74) is 3.96. The van der Waals surface area contributed by atoms with Crippen LogP contribution in [0.4, 0.5) is 0 Å². The van der Waals surface area contributed by atoms with E-state index in [9.17, 15) is 15.3 Å². The number of β-amino-alcohol motifs (C(OH)–C–C–N with tert-alkyl or cyclic N) is 1. The fourth-order valence-electron chi connectivity index (χ4n) is 6.65. The van der Waals surface area contributed by atoms with Gasteiger partial charge in [0.05, 0.1) is 17.2 Å². The first-order valence-electron chi connectivity index (χ1n) is 11.2. The maximum absolute atomic E-state index is 12.5. The largest absolute Gasteiger partial charge is 0.508 e. The fourth-order valence-corrected chi connectivity index (χ4v) is 6.65. The standard InChI is InChI=1S/C26H28N2O3.2ClH/c1-16(29)15-28-9-8-25-14-23-19(10-18-4-2-3-5-22(18)27-23)13-26(25,31)24(28)11-17-6-7-20(30)12-21(17)25;;/h2-7,10,12,16,24,29-31H,8-9,11,13-15H2,1H3;2*1H/t16-,24+,25+,26+;;/m0../s1. The average molecular weight is 489 g/mol. The number of aliphatic hydroxyl groups is 2. The number of phenolic OH excluding ortho intramolecular Hbond substituents is 1. The zero-order valence-corrected chi connectivity index (χ0v) is 20.2. The molecule has 1 aromatic heterocycles. The number of para-hydroxylation sites is 1. The van der Waals surface area contributed by atoms with E-state index >= 15 is 0 Å². The van der Waals surface area contributed by atoms with Gasteiger partial charge in [-0.2, -0.15) is 0 Å². The number of hydrogen-bond acceptors (Lipinski definition) is 5. The van der Waals surface area contributed by atoms with Crippen molar-refractivity contribution in [2.24, 2.45) is 0 Å². The molecule has 0 radical (unpaired) electrons. The number of aromatic nitrogens is 1. The minimum Gasteiger partial charge on any atom is -0.508 e. The molecule has 3 N–H and O–H groups in total. The molecule has 5 nitrogen and oxygen atoms in total. The van der Waals surface area contributed by atoms with Crippen LogP contribution >= 0.6 is 24.8 Å². The normalized spacial score (nSPS) is 28.5. The van der Waals surface area contributed by atoms with Gasteiger partial charge in [-0.25, -0.2) is 0 Å². The highest BCUT2D eigenvalue weighted by Crippen LogP contribution is 2.57. The van der Waals surface area contributed by atoms with Gasteiger partial charge in [0, 0.05) is 41.9 Å². The van der Waals surface area contributed by atoms with Crippen LogP contribution in [0.1, 0.15) is 35.7 Å². The number of pyridine rings is 1. The molecule has 176 valence electrons. The minimum absolute atomic E-state index is 0. The Hall–Kier alpha value is -1.89. The smallest absolute Gasteiger partial charge is 0.115 e. The molecule has 2 aromatic carbocycles. The van der Waals surface area contributed by atoms with Crippen molar-refractivity contribution in [3.05, 3.63) is 70.9 Å². The summed E-state index contributed by atoms with van der Waals surface area (Å²) >= 11 is 0. The number of likely N-dealkylation sites (tertiary alicyclic amines) is 1. The van der Waals surface area contributed by atoms with Crippen molar-refractivity contribution in [2.45, 2.75) is 55.8 Å². The lowest BCUT2D eigenvalue weighted by atomic mass is 9.49. The van der Waals surface area contributed by atoms with Gasteiger partial charge in [-0.1, -0.05) is 24.3 Å². The van der Waals surface area contributed by atoms with Crippen LogP contribution in [-0.4, -0.2) is 56.0 Å². The number of rotatable bonds is 2. The molecule has 1 fully saturated rings. The molecule has 2 aliphatic carbocycles. The zero-order chi connectivity index (χ0) is 21.4. The second-order valence-electron chi connectivity index (χ2n) is 9.80. The van der Waals surface area contributed by atoms with Crippen LogP contribution in [0.5, 0.6) is 5.75 Å². The highest BCUT2D eigenvalue weighted by Gasteiger charge is 2.64. The third kappa shape index (κ3) is 3.44. The maximum atomic E-state index is 12.5. The molecule has 3 aromatic rings. The summed E-state index contributed by atoms with van der Waals surface area (Å²) in [6, 6.07) is 15.9. The molecule has 3 aliphatic rings. The monoisotopic (exact) mass is 488 g/mol. The zero-order valence-electron chi connectivity index (χ0n) is 18.6. The van der Waals surface area contributed by atoms with E-state index in [-0.39, 0.29) is 36.6 Å². The maximum Gasteiger partial charge on any atom is 0.115 e. The van der Waals surface area contributed by atoms with E-state index in [2.05, 4.69) is 17.0 Å². The van der Waals surface area contributed by atoms with Gasteiger partial charge in [0.15, 0.2) is 0 Å². The van der Waals surface area contributed by atoms with Crippen molar-refractivity contribution in [1.82, 2.24) is 9.88 Å². The predicted molar refractivity (Wildman–Crippen MR) is 134 cm³/mol. The number of halogens is 2. The van der Waals surface area contributed by atoms with E-state index < -0.39 is 17.1 Å². The Kier molecular flexibility index (Phi) is 6.17. The molecule has 0 spiro atoms. The number of aromatic hydroxyl groups is 1. The van der Waals surface area contributed by atoms with E-state index in [0.717, 1.165) is 47.1 Å². The van der Waals surface area contributed by atoms with E-state index in [0.29, 0.717) is 19.4 Å². The molecule has 33 heavy (non-hydrogen) atoms. The summed E-state index contributed by atoms with van der Waals surface area (Å²) in [4.78, 5) is 7.29. The topological polar surface area (TPSA) is 76.8 Å². The summed E-state index contributed by atoms with van der Waals surface area (Å²) in [6.07, 6.45) is 2.25. The summed E-state index contributed by atoms with van der Waals surface area (Å²) < 4.78 is 0. The van der Waals surface area contributed by atoms with Gasteiger partial charge in [0.25, 0.3) is 0 Å². The van der Waals surface area contributed by atoms with Crippen LogP contribution in [0.15, 0.2) is 48.5 Å². The van der Waals surface area contributed by atoms with Crippen LogP contribution in [0.25, 0.3) is 10.9 Å². The molecular weight excluding hydrogens is 459 g/mol. The Bertz CT molecular complexity index is 1200. The van der Waals surface area contributed by atoms with E-state index in [1.807, 2.05) is 37.3 Å². The molecule has 1 aliphatic heterocycles. The number of phenols is 1. The predicted octanol–water partition coefficient (Wildman–Crippen LogP) is 3.56. The molecule has 7 heteroatoms. The number of aliphatic hydroxyl groups excluding tert-OH is 1. The highest BCUT2D eigenvalue weighted by atomic mass is 35.5. The molecular formula is C26H30Cl2N2O3. The van der Waals surface area contributed by atoms with Gasteiger partial charge < -0.3 is 15.3 Å². The van der Waals surface area contributed by atoms with Gasteiger partial charge in [-0.05, 0) is 67.3 Å². The summed E-state index contributed by atoms with van der Waals surface area (Å²) in [5, 5.41) is 34.0. The molecule has 2 bridgehead atoms. The van der Waals surface area contributed by atoms with Crippen LogP contribution < -0.4 is 0 Å². The number of hydrogen-bond donors (Lipinski definition) is 3. The molecule has 0 amide bonds. The lowest BCUT2D eigenvalue weighted by molar-refractivity contribution is -0.155. The van der Waals surface area contributed by atoms with Crippen molar-refractivity contribution in [1.29, 1.82) is 0 Å². The second-order valence-corrected chi connectivity index (χ2v) is 9.80. The first-order chi connectivity index (χ1) is 14.9. The van der Waals surface area contributed by atoms with Gasteiger partial charge in [0.2, 0.25) is 0 Å². The first kappa shape index (κ1) is 24.2. The number of benzene rings is 2. The van der Waals surface area contributed by atoms with Crippen LogP contribution in [0, 0.1) is 0 Å². The van der Waals surface area contributed by atoms with Gasteiger partial charge >= 0.3 is 0 Å². The fraction of sp³-hybridized carbons (Fsp3) is 0.423. The summed E-state index contributed by atoms with van der Waals surface area (Å²) in [7, 11) is 0. The molecule has 0 unspecified atom stereocenters. The molecule has 4 atom stereocenters. The number of nitrogens with zero attached hydrogens (tertiary/aromatic N) is 2. The first-order valence-corrected chi connectivity index (χ1v) is 11.2. The van der Waals surface area contributed by atoms with Crippen molar-refractivity contribution in [3.63, 3.8) is 0 Å². The Morgan fingerprint density at radius 3 is 2.67 bits per heavy atom. The molecule has 0 saturated carbocycles. The average Bonchev–Trinajstić information content (AvgIpc) is 2.73. The minimum atomic E-state index is -0.974. The Morgan fingerprint density at radius 1 is 1.09 bits per heavy atom. The molecule has 1 saturated heterocycles. The Morgan fingerprint density at radius 2 is 1.88 bits per heavy atom. The van der Waals surface area contributed by atoms with E-state index in [1.165, 1.54) is 5.56 Å². The molecule has 6 rings (SSSR count). The lowest BCUT2D eigenvalue weighted by Crippen LogP contribution is -2.74. The highest BCUT2D eigenvalue weighted by molar-refractivity contribution is 5.85. The van der Waals surface area contributed by atoms with Crippen LogP contribution in [-0.2, 0) is 24.7 Å². The van der Waals surface area contributed by atoms with Crippen molar-refractivity contribution in [3.8, 4) is 5.75 Å². The third-order valence-corrected chi connectivity index (χ3v) is 7.99. The second kappa shape index (κ2) is 8.40. The van der Waals surface area contributed by atoms with Crippen LogP contribution in [0.3, 0.4) is 0 Å². The number of piperidine rings is 1. The Labute approximate surface area is 206 Å². The molecule has 2 heterocycles. The summed E-state index contributed by atoms with van der Waals surface area (Å²) in [5.74, 6) is 0.248. The lowest BCUT2D eigenvalue weighted by Gasteiger charge is -2.63. The van der Waals surface area contributed by atoms with Gasteiger partial charge in [-0.15, -0.1) is 24.8 Å². The Balaban J connectivity index is 0.00000130. The third-order valence-electron chi connectivity index (χ3n) is 7.99. The van der Waals surface area contributed by atoms with Gasteiger partial charge in [0.1, 0.15) is 5.75 Å². The van der Waals surface area contributed by atoms with E-state index in [4.69, 9.17) is 4.98 Å². The summed E-state index contributed by atoms with van der Waals surface area (Å²) in [6.45, 7) is 3.18. The quantitative estimate of drug-likeness (QED) is 0.513. The van der Waals surface area contributed by atoms with E-state index in [1.54, 1.807) is 6.07 Å². The van der Waals surface area contributed by atoms with Gasteiger partial charge in [-0.3, -0.25) is 9.88 Å². The SMILES string of the molecule is C[C@H](O)CN1CC[C@]23Cc4nc5ccccc5cc4C[C@@]2(O)[C@H]1Cc1ccc(O)cc13.Cl.Cl. The van der Waals surface area contributed by atoms with Crippen molar-refractivity contribution in [2.75, 3.05) is 13.1 Å². The van der Waals surface area contributed by atoms with Crippen LogP contribution in [0.2, 0.25) is 0 Å². The number of fused-ring (bicyclic) bond motifs is 3. The van der Waals surface area contributed by atoms with Crippen molar-refractivity contribution < 1.29 is 15.3 Å². The van der Waals surface area contributed by atoms with Crippen molar-refractivity contribution >= 4 is 35.7 Å².